The van der Waals surface area contributed by atoms with Crippen molar-refractivity contribution >= 4 is 36.0 Å². The van der Waals surface area contributed by atoms with E-state index >= 15 is 0 Å². The number of anilines is 1. The third-order valence-electron chi connectivity index (χ3n) is 6.53. The van der Waals surface area contributed by atoms with Gasteiger partial charge < -0.3 is 15.3 Å². The Kier molecular flexibility index (Phi) is 7.04. The molecule has 0 spiro atoms. The molecule has 1 aliphatic carbocycles. The molecule has 0 unspecified atom stereocenters. The average molecular weight is 461 g/mol. The molecule has 1 amide bonds. The number of rotatable bonds is 5. The van der Waals surface area contributed by atoms with Gasteiger partial charge in [-0.2, -0.15) is 12.6 Å². The summed E-state index contributed by atoms with van der Waals surface area (Å²) in [5, 5.41) is 13.5. The van der Waals surface area contributed by atoms with Gasteiger partial charge in [-0.15, -0.1) is 0 Å². The second kappa shape index (κ2) is 9.76. The van der Waals surface area contributed by atoms with E-state index in [9.17, 15) is 9.90 Å². The molecule has 1 saturated heterocycles. The van der Waals surface area contributed by atoms with E-state index in [-0.39, 0.29) is 18.1 Å². The van der Waals surface area contributed by atoms with E-state index in [1.165, 1.54) is 0 Å². The van der Waals surface area contributed by atoms with Gasteiger partial charge in [0.1, 0.15) is 5.82 Å². The number of piperidine rings is 1. The van der Waals surface area contributed by atoms with Crippen molar-refractivity contribution < 1.29 is 9.90 Å². The Bertz CT molecular complexity index is 908. The summed E-state index contributed by atoms with van der Waals surface area (Å²) in [6.45, 7) is 1.35. The molecule has 0 aromatic carbocycles. The number of nitrogens with zero attached hydrogens (tertiary/aromatic N) is 3. The van der Waals surface area contributed by atoms with Crippen LogP contribution in [0.2, 0.25) is 5.02 Å². The topological polar surface area (TPSA) is 78.4 Å². The zero-order chi connectivity index (χ0) is 21.8. The molecule has 1 saturated carbocycles. The largest absolute Gasteiger partial charge is 0.393 e. The molecule has 3 heterocycles. The average Bonchev–Trinajstić information content (AvgIpc) is 2.81. The summed E-state index contributed by atoms with van der Waals surface area (Å²) in [6.07, 6.45) is 9.88. The molecular formula is C23H29ClN4O2S. The number of thiol groups is 1. The highest BCUT2D eigenvalue weighted by Gasteiger charge is 2.42. The van der Waals surface area contributed by atoms with Crippen molar-refractivity contribution in [1.82, 2.24) is 15.3 Å². The van der Waals surface area contributed by atoms with E-state index in [4.69, 9.17) is 11.6 Å². The van der Waals surface area contributed by atoms with E-state index in [2.05, 4.69) is 32.8 Å². The van der Waals surface area contributed by atoms with Crippen molar-refractivity contribution in [3.63, 3.8) is 0 Å². The van der Waals surface area contributed by atoms with Crippen LogP contribution in [0.1, 0.15) is 38.5 Å². The maximum absolute atomic E-state index is 13.3. The van der Waals surface area contributed by atoms with Crippen molar-refractivity contribution in [1.29, 1.82) is 0 Å². The van der Waals surface area contributed by atoms with Crippen molar-refractivity contribution in [2.75, 3.05) is 23.7 Å². The maximum atomic E-state index is 13.3. The molecule has 2 N–H and O–H groups in total. The first-order chi connectivity index (χ1) is 15.0. The van der Waals surface area contributed by atoms with E-state index in [1.54, 1.807) is 12.4 Å². The van der Waals surface area contributed by atoms with Gasteiger partial charge >= 0.3 is 0 Å². The number of carbonyl (C=O) groups excluding carboxylic acids is 1. The summed E-state index contributed by atoms with van der Waals surface area (Å²) in [6, 6.07) is 5.90. The van der Waals surface area contributed by atoms with Crippen LogP contribution in [0.25, 0.3) is 11.1 Å². The second-order valence-corrected chi connectivity index (χ2v) is 9.43. The fourth-order valence-corrected chi connectivity index (χ4v) is 5.31. The summed E-state index contributed by atoms with van der Waals surface area (Å²) < 4.78 is 0. The van der Waals surface area contributed by atoms with Gasteiger partial charge in [-0.3, -0.25) is 9.78 Å². The molecule has 1 atom stereocenters. The smallest absolute Gasteiger partial charge is 0.229 e. The number of aliphatic hydroxyl groups excluding tert-OH is 1. The summed E-state index contributed by atoms with van der Waals surface area (Å²) in [5.74, 6) is 1.23. The summed E-state index contributed by atoms with van der Waals surface area (Å²) in [4.78, 5) is 24.1. The highest BCUT2D eigenvalue weighted by molar-refractivity contribution is 7.80. The van der Waals surface area contributed by atoms with Gasteiger partial charge in [0.05, 0.1) is 16.5 Å². The lowest BCUT2D eigenvalue weighted by molar-refractivity contribution is -0.131. The number of hydrogen-bond donors (Lipinski definition) is 3. The van der Waals surface area contributed by atoms with Crippen molar-refractivity contribution in [3.8, 4) is 11.1 Å². The van der Waals surface area contributed by atoms with E-state index in [0.717, 1.165) is 56.2 Å². The zero-order valence-electron chi connectivity index (χ0n) is 17.5. The molecule has 166 valence electrons. The van der Waals surface area contributed by atoms with Gasteiger partial charge in [-0.25, -0.2) is 4.98 Å². The van der Waals surface area contributed by atoms with Gasteiger partial charge in [0.15, 0.2) is 0 Å². The van der Waals surface area contributed by atoms with Crippen LogP contribution in [-0.4, -0.2) is 52.0 Å². The number of amides is 1. The van der Waals surface area contributed by atoms with Crippen LogP contribution in [0, 0.1) is 5.41 Å². The lowest BCUT2D eigenvalue weighted by Gasteiger charge is -2.42. The molecule has 0 radical (unpaired) electrons. The highest BCUT2D eigenvalue weighted by atomic mass is 35.5. The third kappa shape index (κ3) is 4.99. The number of aliphatic hydroxyl groups is 1. The normalized spacial score (nSPS) is 26.5. The monoisotopic (exact) mass is 460 g/mol. The van der Waals surface area contributed by atoms with Crippen LogP contribution in [0.4, 0.5) is 5.82 Å². The van der Waals surface area contributed by atoms with Gasteiger partial charge in [-0.05, 0) is 62.3 Å². The molecule has 2 fully saturated rings. The maximum Gasteiger partial charge on any atom is 0.229 e. The fraction of sp³-hybridized carbons (Fsp3) is 0.522. The minimum Gasteiger partial charge on any atom is -0.393 e. The van der Waals surface area contributed by atoms with Gasteiger partial charge in [0, 0.05) is 49.0 Å². The van der Waals surface area contributed by atoms with Crippen LogP contribution in [0.3, 0.4) is 0 Å². The Hall–Kier alpha value is -1.83. The number of pyridine rings is 2. The first-order valence-electron chi connectivity index (χ1n) is 10.9. The molecule has 1 aliphatic heterocycles. The molecular weight excluding hydrogens is 432 g/mol. The SMILES string of the molecule is O=C(NC1CCC(O)CC1)[C@@]1(CS)CCCN(c2ncc(-c3ccncc3)cc2Cl)C1. The van der Waals surface area contributed by atoms with Crippen LogP contribution in [0.5, 0.6) is 0 Å². The third-order valence-corrected chi connectivity index (χ3v) is 7.41. The molecule has 6 nitrogen and oxygen atoms in total. The minimum atomic E-state index is -0.577. The Labute approximate surface area is 193 Å². The van der Waals surface area contributed by atoms with Gasteiger partial charge in [-0.1, -0.05) is 11.6 Å². The van der Waals surface area contributed by atoms with Crippen molar-refractivity contribution in [2.45, 2.75) is 50.7 Å². The van der Waals surface area contributed by atoms with E-state index < -0.39 is 5.41 Å². The quantitative estimate of drug-likeness (QED) is 0.592. The van der Waals surface area contributed by atoms with E-state index in [0.29, 0.717) is 23.1 Å². The van der Waals surface area contributed by atoms with Gasteiger partial charge in [0.25, 0.3) is 0 Å². The minimum absolute atomic E-state index is 0.0538. The molecule has 4 rings (SSSR count). The van der Waals surface area contributed by atoms with Crippen molar-refractivity contribution in [3.05, 3.63) is 41.8 Å². The Morgan fingerprint density at radius 2 is 2.00 bits per heavy atom. The zero-order valence-corrected chi connectivity index (χ0v) is 19.2. The van der Waals surface area contributed by atoms with Crippen molar-refractivity contribution in [2.24, 2.45) is 5.41 Å². The van der Waals surface area contributed by atoms with Crippen LogP contribution >= 0.6 is 24.2 Å². The first kappa shape index (κ1) is 22.4. The molecule has 2 aromatic heterocycles. The fourth-order valence-electron chi connectivity index (χ4n) is 4.62. The molecule has 0 bridgehead atoms. The Balaban J connectivity index is 1.49. The predicted octanol–water partition coefficient (Wildman–Crippen LogP) is 3.73. The second-order valence-electron chi connectivity index (χ2n) is 8.71. The molecule has 31 heavy (non-hydrogen) atoms. The summed E-state index contributed by atoms with van der Waals surface area (Å²) >= 11 is 11.2. The highest BCUT2D eigenvalue weighted by Crippen LogP contribution is 2.37. The van der Waals surface area contributed by atoms with Crippen LogP contribution in [0.15, 0.2) is 36.8 Å². The molecule has 2 aliphatic rings. The van der Waals surface area contributed by atoms with Gasteiger partial charge in [0.2, 0.25) is 5.91 Å². The number of hydrogen-bond acceptors (Lipinski definition) is 6. The predicted molar refractivity (Wildman–Crippen MR) is 127 cm³/mol. The first-order valence-corrected chi connectivity index (χ1v) is 11.9. The number of nitrogens with one attached hydrogen (secondary N) is 1. The Morgan fingerprint density at radius 3 is 2.68 bits per heavy atom. The van der Waals surface area contributed by atoms with Crippen LogP contribution < -0.4 is 10.2 Å². The summed E-state index contributed by atoms with van der Waals surface area (Å²) in [7, 11) is 0. The standard InChI is InChI=1S/C23H29ClN4O2S/c24-20-12-17(16-6-9-25-10-7-16)13-26-21(20)28-11-1-8-23(14-28,15-31)22(30)27-18-2-4-19(29)5-3-18/h6-7,9-10,12-13,18-19,29,31H,1-5,8,11,14-15H2,(H,27,30)/t18?,19?,23-/m0/s1. The lowest BCUT2D eigenvalue weighted by atomic mass is 9.80. The molecule has 2 aromatic rings. The number of aromatic nitrogens is 2. The molecule has 8 heteroatoms. The lowest BCUT2D eigenvalue weighted by Crippen LogP contribution is -2.55. The van der Waals surface area contributed by atoms with E-state index in [1.807, 2.05) is 24.4 Å². The summed E-state index contributed by atoms with van der Waals surface area (Å²) in [5.41, 5.74) is 1.37. The number of carbonyl (C=O) groups is 1. The van der Waals surface area contributed by atoms with Crippen LogP contribution in [-0.2, 0) is 4.79 Å². The number of halogens is 1. The Morgan fingerprint density at radius 1 is 1.26 bits per heavy atom.